The van der Waals surface area contributed by atoms with Crippen molar-refractivity contribution >= 4 is 5.91 Å². The molecular formula is C14H19FN2O. The summed E-state index contributed by atoms with van der Waals surface area (Å²) in [6.45, 7) is 3.33. The Hall–Kier alpha value is -1.42. The highest BCUT2D eigenvalue weighted by Crippen LogP contribution is 2.23. The average Bonchev–Trinajstić information content (AvgIpc) is 2.73. The molecule has 1 aliphatic rings. The summed E-state index contributed by atoms with van der Waals surface area (Å²) in [6.07, 6.45) is 1.08. The zero-order valence-electron chi connectivity index (χ0n) is 10.6. The standard InChI is InChI=1S/C14H19FN2O/c1-10-6-11(8-16)9-17(10)14(18)7-12-4-2-3-5-13(12)15/h2-5,10-11H,6-9,16H2,1H3. The van der Waals surface area contributed by atoms with Crippen LogP contribution in [0.2, 0.25) is 0 Å². The monoisotopic (exact) mass is 250 g/mol. The molecule has 1 fully saturated rings. The molecule has 1 saturated heterocycles. The third kappa shape index (κ3) is 2.70. The van der Waals surface area contributed by atoms with E-state index in [1.807, 2.05) is 11.8 Å². The Kier molecular flexibility index (Phi) is 3.97. The van der Waals surface area contributed by atoms with Gasteiger partial charge in [0.1, 0.15) is 5.82 Å². The highest BCUT2D eigenvalue weighted by molar-refractivity contribution is 5.79. The second-order valence-electron chi connectivity index (χ2n) is 5.00. The van der Waals surface area contributed by atoms with E-state index < -0.39 is 0 Å². The van der Waals surface area contributed by atoms with Gasteiger partial charge in [0.15, 0.2) is 0 Å². The van der Waals surface area contributed by atoms with Gasteiger partial charge in [-0.1, -0.05) is 18.2 Å². The second-order valence-corrected chi connectivity index (χ2v) is 5.00. The van der Waals surface area contributed by atoms with Gasteiger partial charge in [-0.15, -0.1) is 0 Å². The van der Waals surface area contributed by atoms with Crippen LogP contribution in [0.3, 0.4) is 0 Å². The van der Waals surface area contributed by atoms with E-state index in [4.69, 9.17) is 5.73 Å². The molecule has 1 aromatic carbocycles. The van der Waals surface area contributed by atoms with E-state index in [0.717, 1.165) is 6.42 Å². The number of hydrogen-bond donors (Lipinski definition) is 1. The predicted molar refractivity (Wildman–Crippen MR) is 68.4 cm³/mol. The quantitative estimate of drug-likeness (QED) is 0.885. The highest BCUT2D eigenvalue weighted by Gasteiger charge is 2.31. The average molecular weight is 250 g/mol. The van der Waals surface area contributed by atoms with Crippen molar-refractivity contribution in [2.75, 3.05) is 13.1 Å². The van der Waals surface area contributed by atoms with Crippen LogP contribution in [-0.2, 0) is 11.2 Å². The van der Waals surface area contributed by atoms with E-state index in [9.17, 15) is 9.18 Å². The van der Waals surface area contributed by atoms with Crippen LogP contribution in [-0.4, -0.2) is 29.9 Å². The van der Waals surface area contributed by atoms with E-state index in [2.05, 4.69) is 0 Å². The van der Waals surface area contributed by atoms with Crippen LogP contribution in [0.4, 0.5) is 4.39 Å². The molecule has 2 N–H and O–H groups in total. The number of benzene rings is 1. The smallest absolute Gasteiger partial charge is 0.227 e. The topological polar surface area (TPSA) is 46.3 Å². The molecule has 98 valence electrons. The van der Waals surface area contributed by atoms with E-state index in [1.165, 1.54) is 6.07 Å². The molecule has 2 unspecified atom stereocenters. The lowest BCUT2D eigenvalue weighted by Gasteiger charge is -2.21. The van der Waals surface area contributed by atoms with Crippen LogP contribution in [0.1, 0.15) is 18.9 Å². The molecule has 2 atom stereocenters. The second kappa shape index (κ2) is 5.48. The Labute approximate surface area is 107 Å². The molecule has 4 heteroatoms. The molecule has 0 aliphatic carbocycles. The fraction of sp³-hybridized carbons (Fsp3) is 0.500. The van der Waals surface area contributed by atoms with Gasteiger partial charge in [-0.3, -0.25) is 4.79 Å². The highest BCUT2D eigenvalue weighted by atomic mass is 19.1. The summed E-state index contributed by atoms with van der Waals surface area (Å²) in [5.74, 6) is 0.0567. The van der Waals surface area contributed by atoms with Crippen molar-refractivity contribution in [1.29, 1.82) is 0 Å². The minimum absolute atomic E-state index is 0.0106. The number of likely N-dealkylation sites (tertiary alicyclic amines) is 1. The van der Waals surface area contributed by atoms with Crippen LogP contribution in [0.5, 0.6) is 0 Å². The predicted octanol–water partition coefficient (Wildman–Crippen LogP) is 1.56. The van der Waals surface area contributed by atoms with Crippen molar-refractivity contribution in [3.05, 3.63) is 35.6 Å². The summed E-state index contributed by atoms with van der Waals surface area (Å²) in [7, 11) is 0. The van der Waals surface area contributed by atoms with Gasteiger partial charge in [0.05, 0.1) is 6.42 Å². The Bertz CT molecular complexity index is 436. The lowest BCUT2D eigenvalue weighted by Crippen LogP contribution is -2.35. The number of carbonyl (C=O) groups excluding carboxylic acids is 1. The van der Waals surface area contributed by atoms with Crippen molar-refractivity contribution in [3.8, 4) is 0 Å². The molecule has 1 aromatic rings. The van der Waals surface area contributed by atoms with E-state index in [-0.39, 0.29) is 24.2 Å². The van der Waals surface area contributed by atoms with Crippen molar-refractivity contribution in [3.63, 3.8) is 0 Å². The number of amides is 1. The first-order valence-electron chi connectivity index (χ1n) is 6.34. The zero-order valence-corrected chi connectivity index (χ0v) is 10.6. The van der Waals surface area contributed by atoms with Gasteiger partial charge < -0.3 is 10.6 Å². The number of hydrogen-bond acceptors (Lipinski definition) is 2. The Morgan fingerprint density at radius 3 is 2.83 bits per heavy atom. The first-order valence-corrected chi connectivity index (χ1v) is 6.34. The number of nitrogens with two attached hydrogens (primary N) is 1. The third-order valence-electron chi connectivity index (χ3n) is 3.61. The first-order chi connectivity index (χ1) is 8.61. The summed E-state index contributed by atoms with van der Waals surface area (Å²) in [6, 6.07) is 6.64. The summed E-state index contributed by atoms with van der Waals surface area (Å²) in [4.78, 5) is 14.0. The molecule has 0 spiro atoms. The molecule has 3 nitrogen and oxygen atoms in total. The van der Waals surface area contributed by atoms with E-state index >= 15 is 0 Å². The van der Waals surface area contributed by atoms with E-state index in [1.54, 1.807) is 18.2 Å². The lowest BCUT2D eigenvalue weighted by molar-refractivity contribution is -0.131. The molecule has 1 heterocycles. The van der Waals surface area contributed by atoms with Crippen molar-refractivity contribution in [1.82, 2.24) is 4.90 Å². The fourth-order valence-corrected chi connectivity index (χ4v) is 2.57. The molecule has 2 rings (SSSR count). The van der Waals surface area contributed by atoms with Crippen LogP contribution in [0.25, 0.3) is 0 Å². The summed E-state index contributed by atoms with van der Waals surface area (Å²) in [5, 5.41) is 0. The summed E-state index contributed by atoms with van der Waals surface area (Å²) < 4.78 is 13.5. The molecule has 0 radical (unpaired) electrons. The van der Waals surface area contributed by atoms with Crippen LogP contribution < -0.4 is 5.73 Å². The zero-order chi connectivity index (χ0) is 13.1. The number of rotatable bonds is 3. The summed E-state index contributed by atoms with van der Waals surface area (Å²) >= 11 is 0. The number of halogens is 1. The normalized spacial score (nSPS) is 23.4. The van der Waals surface area contributed by atoms with Crippen molar-refractivity contribution in [2.45, 2.75) is 25.8 Å². The maximum absolute atomic E-state index is 13.5. The third-order valence-corrected chi connectivity index (χ3v) is 3.61. The SMILES string of the molecule is CC1CC(CN)CN1C(=O)Cc1ccccc1F. The molecule has 1 aliphatic heterocycles. The molecule has 18 heavy (non-hydrogen) atoms. The van der Waals surface area contributed by atoms with Gasteiger partial charge in [-0.2, -0.15) is 0 Å². The van der Waals surface area contributed by atoms with Gasteiger partial charge in [0.25, 0.3) is 0 Å². The lowest BCUT2D eigenvalue weighted by atomic mass is 10.1. The molecular weight excluding hydrogens is 231 g/mol. The van der Waals surface area contributed by atoms with Crippen molar-refractivity contribution in [2.24, 2.45) is 11.7 Å². The molecule has 0 aromatic heterocycles. The van der Waals surface area contributed by atoms with E-state index in [0.29, 0.717) is 24.6 Å². The fourth-order valence-electron chi connectivity index (χ4n) is 2.57. The Balaban J connectivity index is 2.03. The van der Waals surface area contributed by atoms with Crippen molar-refractivity contribution < 1.29 is 9.18 Å². The van der Waals surface area contributed by atoms with Crippen LogP contribution in [0, 0.1) is 11.7 Å². The van der Waals surface area contributed by atoms with Gasteiger partial charge in [0.2, 0.25) is 5.91 Å². The Morgan fingerprint density at radius 1 is 1.50 bits per heavy atom. The largest absolute Gasteiger partial charge is 0.339 e. The minimum atomic E-state index is -0.312. The van der Waals surface area contributed by atoms with Gasteiger partial charge in [0, 0.05) is 12.6 Å². The maximum atomic E-state index is 13.5. The Morgan fingerprint density at radius 2 is 2.22 bits per heavy atom. The number of nitrogens with zero attached hydrogens (tertiary/aromatic N) is 1. The maximum Gasteiger partial charge on any atom is 0.227 e. The van der Waals surface area contributed by atoms with Crippen LogP contribution >= 0.6 is 0 Å². The first kappa shape index (κ1) is 13.0. The molecule has 0 bridgehead atoms. The van der Waals surface area contributed by atoms with Gasteiger partial charge >= 0.3 is 0 Å². The number of carbonyl (C=O) groups is 1. The minimum Gasteiger partial charge on any atom is -0.339 e. The van der Waals surface area contributed by atoms with Crippen LogP contribution in [0.15, 0.2) is 24.3 Å². The summed E-state index contributed by atoms with van der Waals surface area (Å²) in [5.41, 5.74) is 6.10. The molecule has 0 saturated carbocycles. The van der Waals surface area contributed by atoms with Gasteiger partial charge in [-0.25, -0.2) is 4.39 Å². The molecule has 1 amide bonds. The van der Waals surface area contributed by atoms with Gasteiger partial charge in [-0.05, 0) is 37.4 Å².